The lowest BCUT2D eigenvalue weighted by molar-refractivity contribution is 0.421. The van der Waals surface area contributed by atoms with Crippen molar-refractivity contribution in [3.63, 3.8) is 0 Å². The largest absolute Gasteiger partial charge is 0.350 e. The van der Waals surface area contributed by atoms with E-state index in [9.17, 15) is 0 Å². The number of aryl methyl sites for hydroxylation is 1. The van der Waals surface area contributed by atoms with E-state index in [-0.39, 0.29) is 0 Å². The van der Waals surface area contributed by atoms with E-state index in [4.69, 9.17) is 0 Å². The summed E-state index contributed by atoms with van der Waals surface area (Å²) in [5.74, 6) is 0.602. The monoisotopic (exact) mass is 284 g/mol. The first kappa shape index (κ1) is 15.8. The molecule has 2 rings (SSSR count). The number of nitrogens with zero attached hydrogens (tertiary/aromatic N) is 1. The van der Waals surface area contributed by atoms with Crippen molar-refractivity contribution in [2.75, 3.05) is 6.54 Å². The molecule has 1 heterocycles. The summed E-state index contributed by atoms with van der Waals surface area (Å²) in [5, 5.41) is 3.58. The van der Waals surface area contributed by atoms with Gasteiger partial charge in [-0.2, -0.15) is 0 Å². The third-order valence-corrected chi connectivity index (χ3v) is 4.02. The molecular formula is C19H28N2. The van der Waals surface area contributed by atoms with Crippen LogP contribution < -0.4 is 5.32 Å². The molecule has 0 bridgehead atoms. The maximum absolute atomic E-state index is 3.58. The van der Waals surface area contributed by atoms with Gasteiger partial charge in [0.05, 0.1) is 0 Å². The van der Waals surface area contributed by atoms with E-state index >= 15 is 0 Å². The lowest BCUT2D eigenvalue weighted by Crippen LogP contribution is -2.25. The molecule has 0 aliphatic rings. The van der Waals surface area contributed by atoms with Crippen LogP contribution in [-0.4, -0.2) is 11.1 Å². The van der Waals surface area contributed by atoms with Gasteiger partial charge in [0.15, 0.2) is 0 Å². The molecule has 0 saturated carbocycles. The number of benzene rings is 1. The fourth-order valence-electron chi connectivity index (χ4n) is 2.79. The van der Waals surface area contributed by atoms with Crippen molar-refractivity contribution >= 4 is 0 Å². The summed E-state index contributed by atoms with van der Waals surface area (Å²) < 4.78 is 2.28. The normalized spacial score (nSPS) is 12.8. The van der Waals surface area contributed by atoms with Crippen LogP contribution in [0.4, 0.5) is 0 Å². The Bertz CT molecular complexity index is 537. The molecule has 0 saturated heterocycles. The lowest BCUT2D eigenvalue weighted by atomic mass is 9.98. The first-order chi connectivity index (χ1) is 10.1. The number of aromatic nitrogens is 1. The van der Waals surface area contributed by atoms with E-state index < -0.39 is 0 Å². The van der Waals surface area contributed by atoms with Crippen molar-refractivity contribution in [1.29, 1.82) is 0 Å². The zero-order valence-corrected chi connectivity index (χ0v) is 13.8. The molecule has 2 heteroatoms. The molecule has 2 aromatic rings. The van der Waals surface area contributed by atoms with E-state index in [0.717, 1.165) is 19.5 Å². The zero-order valence-electron chi connectivity index (χ0n) is 13.8. The smallest absolute Gasteiger partial charge is 0.0470 e. The molecule has 1 unspecified atom stereocenters. The third kappa shape index (κ3) is 4.21. The lowest BCUT2D eigenvalue weighted by Gasteiger charge is -2.20. The summed E-state index contributed by atoms with van der Waals surface area (Å²) in [6.07, 6.45) is 5.57. The minimum atomic E-state index is 0.443. The van der Waals surface area contributed by atoms with Gasteiger partial charge in [-0.25, -0.2) is 0 Å². The van der Waals surface area contributed by atoms with Crippen LogP contribution in [0, 0.1) is 5.92 Å². The predicted octanol–water partition coefficient (Wildman–Crippen LogP) is 4.41. The predicted molar refractivity (Wildman–Crippen MR) is 90.6 cm³/mol. The van der Waals surface area contributed by atoms with Crippen molar-refractivity contribution in [3.8, 4) is 0 Å². The fourth-order valence-corrected chi connectivity index (χ4v) is 2.79. The fraction of sp³-hybridized carbons (Fsp3) is 0.474. The van der Waals surface area contributed by atoms with E-state index in [1.165, 1.54) is 16.7 Å². The standard InChI is InChI=1S/C19H28N2/c1-5-16-7-9-17(10-8-16)13-21-12-11-18(14-21)19(15(3)4)20-6-2/h7-12,14-15,19-20H,5-6,13H2,1-4H3. The Kier molecular flexibility index (Phi) is 5.63. The van der Waals surface area contributed by atoms with Gasteiger partial charge >= 0.3 is 0 Å². The van der Waals surface area contributed by atoms with E-state index in [0.29, 0.717) is 12.0 Å². The quantitative estimate of drug-likeness (QED) is 0.797. The van der Waals surface area contributed by atoms with Gasteiger partial charge in [0, 0.05) is 25.0 Å². The highest BCUT2D eigenvalue weighted by Crippen LogP contribution is 2.22. The molecule has 0 spiro atoms. The van der Waals surface area contributed by atoms with E-state index in [1.807, 2.05) is 0 Å². The Balaban J connectivity index is 2.07. The molecule has 21 heavy (non-hydrogen) atoms. The summed E-state index contributed by atoms with van der Waals surface area (Å²) in [7, 11) is 0. The zero-order chi connectivity index (χ0) is 15.2. The molecule has 1 N–H and O–H groups in total. The van der Waals surface area contributed by atoms with Gasteiger partial charge < -0.3 is 9.88 Å². The molecular weight excluding hydrogens is 256 g/mol. The first-order valence-corrected chi connectivity index (χ1v) is 8.10. The van der Waals surface area contributed by atoms with E-state index in [2.05, 4.69) is 80.3 Å². The highest BCUT2D eigenvalue weighted by atomic mass is 15.0. The van der Waals surface area contributed by atoms with Gasteiger partial charge in [-0.15, -0.1) is 0 Å². The highest BCUT2D eigenvalue weighted by Gasteiger charge is 2.15. The van der Waals surface area contributed by atoms with Crippen molar-refractivity contribution in [2.45, 2.75) is 46.7 Å². The minimum absolute atomic E-state index is 0.443. The number of rotatable bonds is 7. The van der Waals surface area contributed by atoms with Crippen LogP contribution in [0.15, 0.2) is 42.7 Å². The number of hydrogen-bond acceptors (Lipinski definition) is 1. The van der Waals surface area contributed by atoms with Crippen LogP contribution in [0.5, 0.6) is 0 Å². The van der Waals surface area contributed by atoms with Crippen molar-refractivity contribution in [1.82, 2.24) is 9.88 Å². The van der Waals surface area contributed by atoms with Crippen LogP contribution in [-0.2, 0) is 13.0 Å². The molecule has 0 fully saturated rings. The summed E-state index contributed by atoms with van der Waals surface area (Å²) in [4.78, 5) is 0. The number of nitrogens with one attached hydrogen (secondary N) is 1. The average molecular weight is 284 g/mol. The van der Waals surface area contributed by atoms with Crippen LogP contribution in [0.1, 0.15) is 50.4 Å². The van der Waals surface area contributed by atoms with Gasteiger partial charge in [-0.1, -0.05) is 52.0 Å². The first-order valence-electron chi connectivity index (χ1n) is 8.10. The van der Waals surface area contributed by atoms with Gasteiger partial charge in [0.25, 0.3) is 0 Å². The maximum atomic E-state index is 3.58. The van der Waals surface area contributed by atoms with Gasteiger partial charge in [0.2, 0.25) is 0 Å². The Morgan fingerprint density at radius 3 is 2.24 bits per heavy atom. The molecule has 1 aromatic heterocycles. The summed E-state index contributed by atoms with van der Waals surface area (Å²) >= 11 is 0. The maximum Gasteiger partial charge on any atom is 0.0470 e. The molecule has 0 aliphatic heterocycles. The molecule has 1 aromatic carbocycles. The van der Waals surface area contributed by atoms with E-state index in [1.54, 1.807) is 0 Å². The van der Waals surface area contributed by atoms with Crippen LogP contribution in [0.2, 0.25) is 0 Å². The van der Waals surface area contributed by atoms with Crippen molar-refractivity contribution in [2.24, 2.45) is 5.92 Å². The van der Waals surface area contributed by atoms with Crippen LogP contribution in [0.25, 0.3) is 0 Å². The van der Waals surface area contributed by atoms with Gasteiger partial charge in [0.1, 0.15) is 0 Å². The Hall–Kier alpha value is -1.54. The summed E-state index contributed by atoms with van der Waals surface area (Å²) in [5.41, 5.74) is 4.15. The topological polar surface area (TPSA) is 17.0 Å². The molecule has 2 nitrogen and oxygen atoms in total. The Morgan fingerprint density at radius 1 is 1.00 bits per heavy atom. The minimum Gasteiger partial charge on any atom is -0.350 e. The SMILES string of the molecule is CCNC(c1ccn(Cc2ccc(CC)cc2)c1)C(C)C. The highest BCUT2D eigenvalue weighted by molar-refractivity contribution is 5.24. The van der Waals surface area contributed by atoms with Crippen molar-refractivity contribution < 1.29 is 0 Å². The second kappa shape index (κ2) is 7.46. The van der Waals surface area contributed by atoms with Crippen LogP contribution in [0.3, 0.4) is 0 Å². The average Bonchev–Trinajstić information content (AvgIpc) is 2.93. The summed E-state index contributed by atoms with van der Waals surface area (Å²) in [6.45, 7) is 10.9. The molecule has 114 valence electrons. The van der Waals surface area contributed by atoms with Crippen LogP contribution >= 0.6 is 0 Å². The molecule has 0 radical (unpaired) electrons. The Morgan fingerprint density at radius 2 is 1.67 bits per heavy atom. The van der Waals surface area contributed by atoms with Gasteiger partial charge in [-0.05, 0) is 41.6 Å². The molecule has 0 amide bonds. The summed E-state index contributed by atoms with van der Waals surface area (Å²) in [6, 6.07) is 11.6. The second-order valence-electron chi connectivity index (χ2n) is 6.07. The Labute approximate surface area is 129 Å². The van der Waals surface area contributed by atoms with Gasteiger partial charge in [-0.3, -0.25) is 0 Å². The number of hydrogen-bond donors (Lipinski definition) is 1. The molecule has 1 atom stereocenters. The molecule has 0 aliphatic carbocycles. The third-order valence-electron chi connectivity index (χ3n) is 4.02. The van der Waals surface area contributed by atoms with Crippen molar-refractivity contribution in [3.05, 3.63) is 59.4 Å². The second-order valence-corrected chi connectivity index (χ2v) is 6.07.